The molecule has 0 aromatic heterocycles. The Balaban J connectivity index is 2.36. The third-order valence-electron chi connectivity index (χ3n) is 2.50. The average Bonchev–Trinajstić information content (AvgIpc) is 1.93. The first kappa shape index (κ1) is 12.0. The number of rotatable bonds is 4. The Morgan fingerprint density at radius 3 is 2.21 bits per heavy atom. The molecule has 1 fully saturated rings. The first-order valence-electron chi connectivity index (χ1n) is 5.24. The molecular weight excluding hydrogens is 178 g/mol. The second-order valence-electron chi connectivity index (χ2n) is 5.88. The van der Waals surface area contributed by atoms with Crippen molar-refractivity contribution in [3.63, 3.8) is 0 Å². The number of hydrogen-bond donors (Lipinski definition) is 1. The Kier molecular flexibility index (Phi) is 3.56. The smallest absolute Gasteiger partial charge is 0.0579 e. The molecular formula is C11H23NO2. The summed E-state index contributed by atoms with van der Waals surface area (Å²) in [6, 6.07) is 0. The average molecular weight is 201 g/mol. The molecule has 1 aliphatic rings. The Hall–Kier alpha value is -0.120. The van der Waals surface area contributed by atoms with Crippen molar-refractivity contribution in [2.45, 2.75) is 20.8 Å². The fourth-order valence-electron chi connectivity index (χ4n) is 2.06. The van der Waals surface area contributed by atoms with Gasteiger partial charge >= 0.3 is 0 Å². The predicted octanol–water partition coefficient (Wildman–Crippen LogP) is 0.973. The minimum atomic E-state index is 0.0139. The predicted molar refractivity (Wildman–Crippen MR) is 57.3 cm³/mol. The molecule has 3 nitrogen and oxygen atoms in total. The van der Waals surface area contributed by atoms with Crippen LogP contribution in [-0.4, -0.2) is 50.0 Å². The molecule has 1 rings (SSSR count). The quantitative estimate of drug-likeness (QED) is 0.736. The molecule has 0 spiro atoms. The van der Waals surface area contributed by atoms with Gasteiger partial charge in [0.1, 0.15) is 0 Å². The van der Waals surface area contributed by atoms with Gasteiger partial charge in [-0.25, -0.2) is 0 Å². The molecule has 0 aromatic carbocycles. The van der Waals surface area contributed by atoms with Crippen molar-refractivity contribution in [1.29, 1.82) is 0 Å². The van der Waals surface area contributed by atoms with E-state index < -0.39 is 0 Å². The molecule has 0 amide bonds. The van der Waals surface area contributed by atoms with E-state index in [0.29, 0.717) is 18.6 Å². The second-order valence-corrected chi connectivity index (χ2v) is 5.88. The summed E-state index contributed by atoms with van der Waals surface area (Å²) >= 11 is 0. The van der Waals surface area contributed by atoms with E-state index in [-0.39, 0.29) is 12.0 Å². The largest absolute Gasteiger partial charge is 0.396 e. The van der Waals surface area contributed by atoms with Crippen LogP contribution in [0.4, 0.5) is 0 Å². The van der Waals surface area contributed by atoms with Crippen molar-refractivity contribution in [3.8, 4) is 0 Å². The number of hydrogen-bond acceptors (Lipinski definition) is 3. The van der Waals surface area contributed by atoms with Crippen molar-refractivity contribution in [2.24, 2.45) is 10.8 Å². The molecule has 1 saturated heterocycles. The van der Waals surface area contributed by atoms with E-state index in [4.69, 9.17) is 4.74 Å². The van der Waals surface area contributed by atoms with Gasteiger partial charge in [-0.1, -0.05) is 20.8 Å². The molecule has 1 N–H and O–H groups in total. The Bertz CT molecular complexity index is 177. The first-order chi connectivity index (χ1) is 6.37. The number of aliphatic hydroxyl groups excluding tert-OH is 1. The summed E-state index contributed by atoms with van der Waals surface area (Å²) in [4.78, 5) is 2.29. The van der Waals surface area contributed by atoms with E-state index in [0.717, 1.165) is 13.1 Å². The van der Waals surface area contributed by atoms with Crippen LogP contribution in [0.2, 0.25) is 0 Å². The fourth-order valence-corrected chi connectivity index (χ4v) is 2.06. The molecule has 0 bridgehead atoms. The zero-order valence-electron chi connectivity index (χ0n) is 9.84. The van der Waals surface area contributed by atoms with Crippen LogP contribution in [0.1, 0.15) is 20.8 Å². The van der Waals surface area contributed by atoms with Gasteiger partial charge in [0.25, 0.3) is 0 Å². The van der Waals surface area contributed by atoms with E-state index in [2.05, 4.69) is 32.7 Å². The Labute approximate surface area is 87.1 Å². The van der Waals surface area contributed by atoms with Crippen molar-refractivity contribution in [2.75, 3.05) is 40.0 Å². The molecule has 84 valence electrons. The summed E-state index contributed by atoms with van der Waals surface area (Å²) < 4.78 is 5.17. The van der Waals surface area contributed by atoms with Gasteiger partial charge in [0, 0.05) is 13.1 Å². The van der Waals surface area contributed by atoms with Crippen LogP contribution in [0.15, 0.2) is 0 Å². The maximum Gasteiger partial charge on any atom is 0.0579 e. The maximum atomic E-state index is 9.28. The monoisotopic (exact) mass is 201 g/mol. The van der Waals surface area contributed by atoms with Gasteiger partial charge in [-0.3, -0.25) is 0 Å². The lowest BCUT2D eigenvalue weighted by Crippen LogP contribution is -2.53. The molecule has 0 saturated carbocycles. The minimum absolute atomic E-state index is 0.0139. The van der Waals surface area contributed by atoms with Crippen LogP contribution in [0.5, 0.6) is 0 Å². The van der Waals surface area contributed by atoms with E-state index in [9.17, 15) is 5.11 Å². The second kappa shape index (κ2) is 4.17. The molecule has 1 heterocycles. The van der Waals surface area contributed by atoms with E-state index >= 15 is 0 Å². The minimum Gasteiger partial charge on any atom is -0.396 e. The summed E-state index contributed by atoms with van der Waals surface area (Å²) in [5.74, 6) is 0. The highest BCUT2D eigenvalue weighted by Gasteiger charge is 2.39. The van der Waals surface area contributed by atoms with Crippen molar-refractivity contribution in [1.82, 2.24) is 4.90 Å². The van der Waals surface area contributed by atoms with Gasteiger partial charge in [0.2, 0.25) is 0 Å². The molecule has 0 radical (unpaired) electrons. The number of nitrogens with zero attached hydrogens (tertiary/aromatic N) is 1. The number of aliphatic hydroxyl groups is 1. The topological polar surface area (TPSA) is 32.7 Å². The zero-order chi connectivity index (χ0) is 10.8. The molecule has 0 aliphatic carbocycles. The van der Waals surface area contributed by atoms with Crippen LogP contribution in [0.25, 0.3) is 0 Å². The lowest BCUT2D eigenvalue weighted by Gasteiger charge is -2.43. The van der Waals surface area contributed by atoms with Gasteiger partial charge in [0.15, 0.2) is 0 Å². The molecule has 14 heavy (non-hydrogen) atoms. The van der Waals surface area contributed by atoms with Crippen molar-refractivity contribution in [3.05, 3.63) is 0 Å². The highest BCUT2D eigenvalue weighted by Crippen LogP contribution is 2.28. The highest BCUT2D eigenvalue weighted by atomic mass is 16.5. The lowest BCUT2D eigenvalue weighted by molar-refractivity contribution is -0.147. The van der Waals surface area contributed by atoms with Crippen molar-refractivity contribution >= 4 is 0 Å². The van der Waals surface area contributed by atoms with Crippen LogP contribution >= 0.6 is 0 Å². The molecule has 0 atom stereocenters. The summed E-state index contributed by atoms with van der Waals surface area (Å²) in [6.07, 6.45) is 0. The van der Waals surface area contributed by atoms with Gasteiger partial charge in [-0.2, -0.15) is 0 Å². The molecule has 0 aromatic rings. The summed E-state index contributed by atoms with van der Waals surface area (Å²) in [5.41, 5.74) is 0.329. The summed E-state index contributed by atoms with van der Waals surface area (Å²) in [7, 11) is 2.11. The lowest BCUT2D eigenvalue weighted by atomic mass is 9.85. The van der Waals surface area contributed by atoms with Crippen LogP contribution in [-0.2, 0) is 4.74 Å². The standard InChI is InChI=1S/C11H23NO2/c1-10(2,3)5-12(4)6-11(7-13)8-14-9-11/h13H,5-9H2,1-4H3. The van der Waals surface area contributed by atoms with Crippen molar-refractivity contribution < 1.29 is 9.84 Å². The summed E-state index contributed by atoms with van der Waals surface area (Å²) in [5, 5.41) is 9.28. The van der Waals surface area contributed by atoms with Crippen LogP contribution in [0.3, 0.4) is 0 Å². The summed E-state index contributed by atoms with van der Waals surface area (Å²) in [6.45, 7) is 10.3. The first-order valence-corrected chi connectivity index (χ1v) is 5.24. The normalized spacial score (nSPS) is 21.0. The Morgan fingerprint density at radius 1 is 1.36 bits per heavy atom. The fraction of sp³-hybridized carbons (Fsp3) is 1.00. The molecule has 0 unspecified atom stereocenters. The molecule has 3 heteroatoms. The molecule has 1 aliphatic heterocycles. The number of ether oxygens (including phenoxy) is 1. The van der Waals surface area contributed by atoms with Crippen LogP contribution < -0.4 is 0 Å². The van der Waals surface area contributed by atoms with Crippen LogP contribution in [0, 0.1) is 10.8 Å². The van der Waals surface area contributed by atoms with Gasteiger partial charge < -0.3 is 14.7 Å². The SMILES string of the molecule is CN(CC(C)(C)C)CC1(CO)COC1. The third-order valence-corrected chi connectivity index (χ3v) is 2.50. The van der Waals surface area contributed by atoms with Gasteiger partial charge in [-0.15, -0.1) is 0 Å². The highest BCUT2D eigenvalue weighted by molar-refractivity contribution is 4.88. The van der Waals surface area contributed by atoms with Gasteiger partial charge in [0.05, 0.1) is 25.2 Å². The van der Waals surface area contributed by atoms with E-state index in [1.165, 1.54) is 0 Å². The zero-order valence-corrected chi connectivity index (χ0v) is 9.84. The van der Waals surface area contributed by atoms with E-state index in [1.54, 1.807) is 0 Å². The van der Waals surface area contributed by atoms with E-state index in [1.807, 2.05) is 0 Å². The maximum absolute atomic E-state index is 9.28. The Morgan fingerprint density at radius 2 is 1.93 bits per heavy atom. The third kappa shape index (κ3) is 3.23. The van der Waals surface area contributed by atoms with Gasteiger partial charge in [-0.05, 0) is 12.5 Å².